The highest BCUT2D eigenvalue weighted by Gasteiger charge is 2.50. The number of hydrogen-bond acceptors (Lipinski definition) is 11. The van der Waals surface area contributed by atoms with E-state index in [2.05, 4.69) is 154 Å². The molecule has 1 heterocycles. The number of allylic oxidation sites excluding steroid dienone is 26. The summed E-state index contributed by atoms with van der Waals surface area (Å²) in [6.45, 7) is 5.54. The van der Waals surface area contributed by atoms with Gasteiger partial charge in [0.2, 0.25) is 0 Å². The first-order valence-electron chi connectivity index (χ1n) is 29.5. The lowest BCUT2D eigenvalue weighted by atomic mass is 9.98. The van der Waals surface area contributed by atoms with Crippen LogP contribution in [-0.2, 0) is 42.9 Å². The quantitative estimate of drug-likeness (QED) is 0.0228. The van der Waals surface area contributed by atoms with E-state index in [-0.39, 0.29) is 25.9 Å². The van der Waals surface area contributed by atoms with E-state index in [9.17, 15) is 34.5 Å². The van der Waals surface area contributed by atoms with Crippen molar-refractivity contribution in [2.75, 3.05) is 13.2 Å². The van der Waals surface area contributed by atoms with E-state index in [0.717, 1.165) is 116 Å². The normalized spacial score (nSPS) is 19.0. The van der Waals surface area contributed by atoms with Crippen LogP contribution >= 0.6 is 0 Å². The van der Waals surface area contributed by atoms with Crippen LogP contribution in [0, 0.1) is 0 Å². The van der Waals surface area contributed by atoms with Gasteiger partial charge in [0, 0.05) is 19.3 Å². The third-order valence-electron chi connectivity index (χ3n) is 12.1. The minimum atomic E-state index is -1.94. The van der Waals surface area contributed by atoms with E-state index in [1.54, 1.807) is 0 Å². The van der Waals surface area contributed by atoms with Gasteiger partial charge in [-0.1, -0.05) is 198 Å². The van der Waals surface area contributed by atoms with Gasteiger partial charge in [-0.15, -0.1) is 0 Å². The first kappa shape index (κ1) is 71.4. The van der Waals surface area contributed by atoms with Crippen molar-refractivity contribution in [2.45, 2.75) is 225 Å². The minimum Gasteiger partial charge on any atom is -0.479 e. The van der Waals surface area contributed by atoms with Crippen LogP contribution < -0.4 is 0 Å². The number of carbonyl (C=O) groups excluding carboxylic acids is 3. The van der Waals surface area contributed by atoms with Crippen molar-refractivity contribution < 1.29 is 58.2 Å². The molecule has 0 saturated carbocycles. The fourth-order valence-electron chi connectivity index (χ4n) is 7.69. The van der Waals surface area contributed by atoms with Crippen molar-refractivity contribution in [3.8, 4) is 0 Å². The molecule has 79 heavy (non-hydrogen) atoms. The number of carboxylic acid groups (broad SMARTS) is 1. The summed E-state index contributed by atoms with van der Waals surface area (Å²) in [6, 6.07) is 0. The van der Waals surface area contributed by atoms with Gasteiger partial charge in [-0.3, -0.25) is 14.4 Å². The summed E-state index contributed by atoms with van der Waals surface area (Å²) in [4.78, 5) is 51.1. The van der Waals surface area contributed by atoms with E-state index in [1.807, 2.05) is 24.3 Å². The Bertz CT molecular complexity index is 1980. The molecule has 0 spiro atoms. The molecule has 0 radical (unpaired) electrons. The molecule has 1 aliphatic rings. The zero-order valence-corrected chi connectivity index (χ0v) is 48.3. The van der Waals surface area contributed by atoms with Gasteiger partial charge in [0.05, 0.1) is 6.61 Å². The summed E-state index contributed by atoms with van der Waals surface area (Å²) < 4.78 is 28.3. The summed E-state index contributed by atoms with van der Waals surface area (Å²) in [5.74, 6) is -3.33. The third-order valence-corrected chi connectivity index (χ3v) is 12.1. The molecule has 1 saturated heterocycles. The molecule has 440 valence electrons. The summed E-state index contributed by atoms with van der Waals surface area (Å²) in [5.41, 5.74) is 0. The lowest BCUT2D eigenvalue weighted by molar-refractivity contribution is -0.301. The molecule has 1 aliphatic heterocycles. The highest BCUT2D eigenvalue weighted by atomic mass is 16.7. The van der Waals surface area contributed by atoms with Crippen molar-refractivity contribution in [3.05, 3.63) is 158 Å². The molecule has 12 nitrogen and oxygen atoms in total. The fraction of sp³-hybridized carbons (Fsp3) is 0.552. The highest BCUT2D eigenvalue weighted by Crippen LogP contribution is 2.26. The molecule has 0 bridgehead atoms. The van der Waals surface area contributed by atoms with Gasteiger partial charge in [-0.05, 0) is 128 Å². The van der Waals surface area contributed by atoms with Gasteiger partial charge in [-0.25, -0.2) is 4.79 Å². The van der Waals surface area contributed by atoms with Crippen LogP contribution in [0.3, 0.4) is 0 Å². The molecule has 6 atom stereocenters. The molecule has 1 rings (SSSR count). The van der Waals surface area contributed by atoms with Gasteiger partial charge in [0.25, 0.3) is 0 Å². The number of aliphatic hydroxyl groups excluding tert-OH is 2. The Hall–Kier alpha value is -5.66. The predicted molar refractivity (Wildman–Crippen MR) is 321 cm³/mol. The molecule has 0 amide bonds. The highest BCUT2D eigenvalue weighted by molar-refractivity contribution is 5.74. The van der Waals surface area contributed by atoms with Crippen molar-refractivity contribution in [1.29, 1.82) is 0 Å². The fourth-order valence-corrected chi connectivity index (χ4v) is 7.69. The van der Waals surface area contributed by atoms with E-state index in [4.69, 9.17) is 23.7 Å². The molecule has 12 heteroatoms. The second kappa shape index (κ2) is 53.0. The lowest BCUT2D eigenvalue weighted by Gasteiger charge is -2.40. The van der Waals surface area contributed by atoms with Crippen LogP contribution in [0.4, 0.5) is 0 Å². The molecule has 0 aromatic carbocycles. The number of aliphatic hydroxyl groups is 2. The average molecular weight is 1100 g/mol. The van der Waals surface area contributed by atoms with Crippen LogP contribution in [0.15, 0.2) is 158 Å². The van der Waals surface area contributed by atoms with Crippen LogP contribution in [0.5, 0.6) is 0 Å². The van der Waals surface area contributed by atoms with E-state index >= 15 is 0 Å². The summed E-state index contributed by atoms with van der Waals surface area (Å²) >= 11 is 0. The third kappa shape index (κ3) is 42.9. The number of hydrogen-bond donors (Lipinski definition) is 3. The first-order valence-corrected chi connectivity index (χ1v) is 29.5. The maximum absolute atomic E-state index is 13.1. The van der Waals surface area contributed by atoms with E-state index in [1.165, 1.54) is 0 Å². The van der Waals surface area contributed by atoms with Gasteiger partial charge < -0.3 is 39.0 Å². The van der Waals surface area contributed by atoms with E-state index < -0.39 is 67.3 Å². The Kier molecular flexibility index (Phi) is 47.9. The number of ether oxygens (including phenoxy) is 5. The first-order chi connectivity index (χ1) is 38.6. The molecule has 0 aromatic heterocycles. The predicted octanol–water partition coefficient (Wildman–Crippen LogP) is 15.3. The van der Waals surface area contributed by atoms with Gasteiger partial charge in [0.15, 0.2) is 24.6 Å². The topological polar surface area (TPSA) is 175 Å². The number of rotatable bonds is 47. The SMILES string of the molecule is CC/C=C\C/C=C\C/C=C\C/C=C\C/C=C\CCCC(=O)OCC(COC1OC(C(=O)O)C(O)C(O)C1OC(=O)CCC/C=C\C/C=C\C/C=C\C/C=C\C/C=C\CC)OC(=O)CCCCCCC/C=C\C/C=C\C/C=C\CC. The number of carbonyl (C=O) groups is 4. The molecule has 3 N–H and O–H groups in total. The van der Waals surface area contributed by atoms with Crippen LogP contribution in [0.2, 0.25) is 0 Å². The van der Waals surface area contributed by atoms with Crippen molar-refractivity contribution in [3.63, 3.8) is 0 Å². The Morgan fingerprint density at radius 3 is 1.19 bits per heavy atom. The van der Waals surface area contributed by atoms with Crippen LogP contribution in [0.1, 0.15) is 188 Å². The van der Waals surface area contributed by atoms with Crippen molar-refractivity contribution >= 4 is 23.9 Å². The Balaban J connectivity index is 2.79. The number of aliphatic carboxylic acids is 1. The molecule has 1 fully saturated rings. The summed E-state index contributed by atoms with van der Waals surface area (Å²) in [5, 5.41) is 31.5. The Morgan fingerprint density at radius 2 is 0.772 bits per heavy atom. The number of esters is 3. The molecule has 0 aliphatic carbocycles. The Labute approximate surface area is 475 Å². The van der Waals surface area contributed by atoms with Crippen LogP contribution in [0.25, 0.3) is 0 Å². The number of carboxylic acids is 1. The minimum absolute atomic E-state index is 0.0353. The molecule has 6 unspecified atom stereocenters. The Morgan fingerprint density at radius 1 is 0.418 bits per heavy atom. The zero-order chi connectivity index (χ0) is 57.5. The van der Waals surface area contributed by atoms with Gasteiger partial charge in [-0.2, -0.15) is 0 Å². The van der Waals surface area contributed by atoms with Gasteiger partial charge in [0.1, 0.15) is 18.8 Å². The van der Waals surface area contributed by atoms with Crippen molar-refractivity contribution in [1.82, 2.24) is 0 Å². The molecule has 0 aromatic rings. The lowest BCUT2D eigenvalue weighted by Crippen LogP contribution is -2.61. The summed E-state index contributed by atoms with van der Waals surface area (Å²) in [6.07, 6.45) is 65.1. The smallest absolute Gasteiger partial charge is 0.335 e. The molecular formula is C67H100O12. The average Bonchev–Trinajstić information content (AvgIpc) is 3.47. The van der Waals surface area contributed by atoms with Crippen molar-refractivity contribution in [2.24, 2.45) is 0 Å². The number of unbranched alkanes of at least 4 members (excludes halogenated alkanes) is 7. The second-order valence-corrected chi connectivity index (χ2v) is 19.1. The largest absolute Gasteiger partial charge is 0.479 e. The summed E-state index contributed by atoms with van der Waals surface area (Å²) in [7, 11) is 0. The zero-order valence-electron chi connectivity index (χ0n) is 48.3. The maximum atomic E-state index is 13.1. The monoisotopic (exact) mass is 1100 g/mol. The van der Waals surface area contributed by atoms with E-state index in [0.29, 0.717) is 32.1 Å². The van der Waals surface area contributed by atoms with Gasteiger partial charge >= 0.3 is 23.9 Å². The second-order valence-electron chi connectivity index (χ2n) is 19.1. The molecular weight excluding hydrogens is 997 g/mol. The standard InChI is InChI=1S/C67H100O12/c1-4-7-10-13-16-19-22-25-28-30-33-35-38-41-44-47-50-53-59(68)75-56-58(77-60(69)54-51-48-45-42-39-36-32-27-24-21-18-15-12-9-6-3)57-76-67-65(63(72)62(71)64(79-67)66(73)74)78-61(70)55-52-49-46-43-40-37-34-31-29-26-23-20-17-14-11-8-5-2/h7-12,16-21,25-29,32-35,37,41,43-44,46,58,62-65,67,71-72H,4-6,13-15,22-24,30-31,36,38-40,42,45,47-57H2,1-3H3,(H,73,74)/b10-7-,11-8-,12-9-,19-16-,20-17-,21-18-,28-25-,29-26-,32-27-,35-33-,37-34-,44-41-,46-43-. The maximum Gasteiger partial charge on any atom is 0.335 e. The van der Waals surface area contributed by atoms with Crippen LogP contribution in [-0.4, -0.2) is 89.2 Å².